The summed E-state index contributed by atoms with van der Waals surface area (Å²) in [6, 6.07) is 8.71. The van der Waals surface area contributed by atoms with Crippen molar-refractivity contribution < 1.29 is 24.5 Å². The summed E-state index contributed by atoms with van der Waals surface area (Å²) in [5.74, 6) is -1.92. The van der Waals surface area contributed by atoms with Gasteiger partial charge in [0.1, 0.15) is 0 Å². The summed E-state index contributed by atoms with van der Waals surface area (Å²) < 4.78 is 6.27. The van der Waals surface area contributed by atoms with E-state index in [1.807, 2.05) is 6.20 Å². The highest BCUT2D eigenvalue weighted by Gasteiger charge is 2.67. The molecule has 0 aliphatic heterocycles. The van der Waals surface area contributed by atoms with Gasteiger partial charge in [-0.1, -0.05) is 24.3 Å². The number of hydrogen-bond acceptors (Lipinski definition) is 4. The lowest BCUT2D eigenvalue weighted by Crippen LogP contribution is -2.22. The van der Waals surface area contributed by atoms with E-state index in [4.69, 9.17) is 14.9 Å². The first-order valence-corrected chi connectivity index (χ1v) is 8.73. The summed E-state index contributed by atoms with van der Waals surface area (Å²) in [5.41, 5.74) is 4.15. The van der Waals surface area contributed by atoms with Gasteiger partial charge in [0, 0.05) is 29.5 Å². The molecule has 0 amide bonds. The van der Waals surface area contributed by atoms with Crippen LogP contribution in [0.2, 0.25) is 0 Å². The molecule has 0 radical (unpaired) electrons. The molecule has 7 nitrogen and oxygen atoms in total. The first-order valence-electron chi connectivity index (χ1n) is 8.73. The third-order valence-corrected chi connectivity index (χ3v) is 4.90. The van der Waals surface area contributed by atoms with Crippen molar-refractivity contribution in [3.8, 4) is 0 Å². The first kappa shape index (κ1) is 18.8. The van der Waals surface area contributed by atoms with Crippen molar-refractivity contribution in [1.82, 2.24) is 9.97 Å². The van der Waals surface area contributed by atoms with Gasteiger partial charge in [-0.25, -0.2) is 14.6 Å². The Bertz CT molecular complexity index is 843. The van der Waals surface area contributed by atoms with Gasteiger partial charge >= 0.3 is 11.9 Å². The van der Waals surface area contributed by atoms with E-state index in [1.54, 1.807) is 6.33 Å². The number of aromatic amines is 1. The van der Waals surface area contributed by atoms with Gasteiger partial charge < -0.3 is 19.9 Å². The predicted octanol–water partition coefficient (Wildman–Crippen LogP) is 3.03. The second-order valence-electron chi connectivity index (χ2n) is 6.97. The number of aliphatic carboxylic acids is 2. The molecule has 27 heavy (non-hydrogen) atoms. The number of nitrogens with one attached hydrogen (secondary N) is 1. The van der Waals surface area contributed by atoms with E-state index in [-0.39, 0.29) is 17.6 Å². The van der Waals surface area contributed by atoms with Gasteiger partial charge in [-0.2, -0.15) is 0 Å². The van der Waals surface area contributed by atoms with E-state index in [1.165, 1.54) is 23.2 Å². The molecule has 1 aromatic carbocycles. The third kappa shape index (κ3) is 3.64. The molecule has 1 aromatic heterocycles. The highest BCUT2D eigenvalue weighted by molar-refractivity contribution is 5.89. The topological polar surface area (TPSA) is 113 Å². The molecule has 3 atom stereocenters. The number of benzene rings is 1. The van der Waals surface area contributed by atoms with Crippen LogP contribution in [0.4, 0.5) is 0 Å². The average molecular weight is 370 g/mol. The van der Waals surface area contributed by atoms with Gasteiger partial charge in [-0.3, -0.25) is 0 Å². The maximum Gasteiger partial charge on any atom is 0.328 e. The Morgan fingerprint density at radius 2 is 1.85 bits per heavy atom. The smallest absolute Gasteiger partial charge is 0.328 e. The van der Waals surface area contributed by atoms with Crippen LogP contribution in [0.3, 0.4) is 0 Å². The first-order chi connectivity index (χ1) is 12.9. The number of carboxylic acids is 2. The van der Waals surface area contributed by atoms with E-state index < -0.39 is 11.9 Å². The van der Waals surface area contributed by atoms with E-state index in [9.17, 15) is 9.59 Å². The SMILES string of the molecule is CC(C)O[C@H]1c2ccccc2[C@H]2C[C@]21c1cnc[nH]1.O=C(O)/C=C/C(=O)O. The lowest BCUT2D eigenvalue weighted by atomic mass is 9.93. The van der Waals surface area contributed by atoms with E-state index in [2.05, 4.69) is 48.1 Å². The zero-order valence-corrected chi connectivity index (χ0v) is 15.1. The second-order valence-corrected chi connectivity index (χ2v) is 6.97. The van der Waals surface area contributed by atoms with Crippen molar-refractivity contribution in [3.05, 3.63) is 65.8 Å². The number of H-pyrrole nitrogens is 1. The highest BCUT2D eigenvalue weighted by atomic mass is 16.5. The minimum absolute atomic E-state index is 0.102. The molecule has 2 aliphatic carbocycles. The number of ether oxygens (including phenoxy) is 1. The van der Waals surface area contributed by atoms with Crippen molar-refractivity contribution in [2.24, 2.45) is 0 Å². The van der Waals surface area contributed by atoms with Crippen LogP contribution in [-0.4, -0.2) is 38.2 Å². The lowest BCUT2D eigenvalue weighted by molar-refractivity contribution is -0.134. The number of imidazole rings is 1. The summed E-state index contributed by atoms with van der Waals surface area (Å²) in [6.07, 6.45) is 6.41. The maximum atomic E-state index is 9.55. The molecule has 1 saturated carbocycles. The molecular formula is C20H22N2O5. The average Bonchev–Trinajstić information content (AvgIpc) is 2.99. The van der Waals surface area contributed by atoms with Gasteiger partial charge in [-0.15, -0.1) is 0 Å². The van der Waals surface area contributed by atoms with Crippen molar-refractivity contribution in [2.75, 3.05) is 0 Å². The number of rotatable bonds is 5. The normalized spacial score (nSPS) is 24.9. The fourth-order valence-corrected chi connectivity index (χ4v) is 3.86. The Morgan fingerprint density at radius 1 is 1.22 bits per heavy atom. The van der Waals surface area contributed by atoms with Crippen LogP contribution >= 0.6 is 0 Å². The van der Waals surface area contributed by atoms with E-state index in [0.717, 1.165) is 0 Å². The molecule has 0 bridgehead atoms. The number of nitrogens with zero attached hydrogens (tertiary/aromatic N) is 1. The number of hydrogen-bond donors (Lipinski definition) is 3. The van der Waals surface area contributed by atoms with Crippen LogP contribution in [-0.2, 0) is 19.7 Å². The zero-order chi connectivity index (χ0) is 19.6. The molecule has 0 unspecified atom stereocenters. The molecule has 142 valence electrons. The molecule has 7 heteroatoms. The summed E-state index contributed by atoms with van der Waals surface area (Å²) in [6.45, 7) is 4.22. The zero-order valence-electron chi connectivity index (χ0n) is 15.1. The quantitative estimate of drug-likeness (QED) is 0.698. The molecule has 1 heterocycles. The van der Waals surface area contributed by atoms with Crippen LogP contribution in [0.15, 0.2) is 48.9 Å². The molecule has 0 spiro atoms. The van der Waals surface area contributed by atoms with E-state index in [0.29, 0.717) is 18.1 Å². The molecular weight excluding hydrogens is 348 g/mol. The third-order valence-electron chi connectivity index (χ3n) is 4.90. The Morgan fingerprint density at radius 3 is 2.37 bits per heavy atom. The monoisotopic (exact) mass is 370 g/mol. The van der Waals surface area contributed by atoms with Crippen LogP contribution < -0.4 is 0 Å². The Kier molecular flexibility index (Phi) is 5.14. The molecule has 1 fully saturated rings. The summed E-state index contributed by atoms with van der Waals surface area (Å²) in [5, 5.41) is 15.6. The van der Waals surface area contributed by atoms with Gasteiger partial charge in [-0.05, 0) is 37.3 Å². The van der Waals surface area contributed by atoms with Gasteiger partial charge in [0.15, 0.2) is 0 Å². The molecule has 2 aromatic rings. The summed E-state index contributed by atoms with van der Waals surface area (Å²) >= 11 is 0. The van der Waals surface area contributed by atoms with Crippen LogP contribution in [0.5, 0.6) is 0 Å². The van der Waals surface area contributed by atoms with Crippen molar-refractivity contribution in [3.63, 3.8) is 0 Å². The highest BCUT2D eigenvalue weighted by Crippen LogP contribution is 2.72. The Labute approximate surface area is 156 Å². The number of fused-ring (bicyclic) bond motifs is 3. The van der Waals surface area contributed by atoms with Crippen LogP contribution in [0.1, 0.15) is 49.1 Å². The standard InChI is InChI=1S/C16H18N2O.C4H4O4/c1-10(2)19-15-12-6-4-3-5-11(12)13-7-16(13,15)14-8-17-9-18-14;5-3(6)1-2-4(7)8/h3-6,8-10,13,15H,7H2,1-2H3,(H,17,18);1-2H,(H,5,6)(H,7,8)/b;2-1+/t13-,15+,16-;/m1./s1. The predicted molar refractivity (Wildman–Crippen MR) is 97.4 cm³/mol. The molecule has 2 aliphatic rings. The van der Waals surface area contributed by atoms with E-state index >= 15 is 0 Å². The van der Waals surface area contributed by atoms with Crippen molar-refractivity contribution in [1.29, 1.82) is 0 Å². The summed E-state index contributed by atoms with van der Waals surface area (Å²) in [7, 11) is 0. The van der Waals surface area contributed by atoms with Crippen LogP contribution in [0, 0.1) is 0 Å². The Hall–Kier alpha value is -2.93. The fraction of sp³-hybridized carbons (Fsp3) is 0.350. The second kappa shape index (κ2) is 7.36. The summed E-state index contributed by atoms with van der Waals surface area (Å²) in [4.78, 5) is 26.6. The largest absolute Gasteiger partial charge is 0.478 e. The van der Waals surface area contributed by atoms with Gasteiger partial charge in [0.2, 0.25) is 0 Å². The minimum Gasteiger partial charge on any atom is -0.478 e. The maximum absolute atomic E-state index is 9.55. The van der Waals surface area contributed by atoms with Crippen molar-refractivity contribution in [2.45, 2.75) is 43.8 Å². The minimum atomic E-state index is -1.26. The molecule has 3 N–H and O–H groups in total. The van der Waals surface area contributed by atoms with Gasteiger partial charge in [0.25, 0.3) is 0 Å². The molecule has 0 saturated heterocycles. The number of aromatic nitrogens is 2. The number of carboxylic acid groups (broad SMARTS) is 2. The van der Waals surface area contributed by atoms with Crippen LogP contribution in [0.25, 0.3) is 0 Å². The van der Waals surface area contributed by atoms with Crippen molar-refractivity contribution >= 4 is 11.9 Å². The fourth-order valence-electron chi connectivity index (χ4n) is 3.86. The van der Waals surface area contributed by atoms with Gasteiger partial charge in [0.05, 0.1) is 18.5 Å². The molecule has 4 rings (SSSR count). The Balaban J connectivity index is 0.000000226. The lowest BCUT2D eigenvalue weighted by Gasteiger charge is -2.26. The number of carbonyl (C=O) groups is 2.